The van der Waals surface area contributed by atoms with Gasteiger partial charge < -0.3 is 14.7 Å². The number of nitrogens with zero attached hydrogens (tertiary/aromatic N) is 1. The van der Waals surface area contributed by atoms with Crippen molar-refractivity contribution in [1.82, 2.24) is 4.90 Å². The number of amides is 1. The Balaban J connectivity index is 2.04. The molecule has 1 aliphatic rings. The van der Waals surface area contributed by atoms with Gasteiger partial charge in [0.1, 0.15) is 5.75 Å². The Morgan fingerprint density at radius 2 is 2.05 bits per heavy atom. The maximum Gasteiger partial charge on any atom is 0.308 e. The lowest BCUT2D eigenvalue weighted by atomic mass is 9.97. The lowest BCUT2D eigenvalue weighted by molar-refractivity contribution is -0.143. The largest absolute Gasteiger partial charge is 0.494 e. The van der Waals surface area contributed by atoms with Crippen LogP contribution in [0.4, 0.5) is 0 Å². The molecular weight excluding hydrogens is 258 g/mol. The van der Waals surface area contributed by atoms with Gasteiger partial charge in [0.25, 0.3) is 5.91 Å². The van der Waals surface area contributed by atoms with Gasteiger partial charge in [0.15, 0.2) is 0 Å². The van der Waals surface area contributed by atoms with E-state index in [0.717, 1.165) is 12.2 Å². The number of aliphatic carboxylic acids is 1. The van der Waals surface area contributed by atoms with Crippen LogP contribution in [0, 0.1) is 5.92 Å². The van der Waals surface area contributed by atoms with E-state index < -0.39 is 11.9 Å². The van der Waals surface area contributed by atoms with Gasteiger partial charge in [-0.3, -0.25) is 9.59 Å². The molecule has 1 aromatic rings. The summed E-state index contributed by atoms with van der Waals surface area (Å²) in [6.45, 7) is 3.40. The Morgan fingerprint density at radius 1 is 1.35 bits per heavy atom. The molecule has 0 aliphatic carbocycles. The number of ether oxygens (including phenoxy) is 1. The van der Waals surface area contributed by atoms with Gasteiger partial charge in [-0.15, -0.1) is 0 Å². The minimum Gasteiger partial charge on any atom is -0.494 e. The SMILES string of the molecule is CCOc1ccc(C(=O)N2CCCC(C(=O)O)C2)cc1. The summed E-state index contributed by atoms with van der Waals surface area (Å²) in [5, 5.41) is 9.05. The van der Waals surface area contributed by atoms with E-state index in [0.29, 0.717) is 31.7 Å². The zero-order chi connectivity index (χ0) is 14.5. The summed E-state index contributed by atoms with van der Waals surface area (Å²) in [4.78, 5) is 25.0. The summed E-state index contributed by atoms with van der Waals surface area (Å²) >= 11 is 0. The molecule has 5 nitrogen and oxygen atoms in total. The Kier molecular flexibility index (Phi) is 4.61. The Morgan fingerprint density at radius 3 is 2.65 bits per heavy atom. The zero-order valence-electron chi connectivity index (χ0n) is 11.5. The molecule has 0 radical (unpaired) electrons. The van der Waals surface area contributed by atoms with Crippen LogP contribution in [0.1, 0.15) is 30.1 Å². The fraction of sp³-hybridized carbons (Fsp3) is 0.467. The number of rotatable bonds is 4. The van der Waals surface area contributed by atoms with E-state index in [9.17, 15) is 9.59 Å². The van der Waals surface area contributed by atoms with Crippen LogP contribution in [-0.2, 0) is 4.79 Å². The van der Waals surface area contributed by atoms with Gasteiger partial charge in [0.2, 0.25) is 0 Å². The van der Waals surface area contributed by atoms with E-state index in [-0.39, 0.29) is 5.91 Å². The summed E-state index contributed by atoms with van der Waals surface area (Å²) < 4.78 is 5.33. The molecule has 0 saturated carbocycles. The molecule has 2 rings (SSSR count). The molecule has 0 spiro atoms. The van der Waals surface area contributed by atoms with Crippen LogP contribution in [0.2, 0.25) is 0 Å². The van der Waals surface area contributed by atoms with Crippen LogP contribution < -0.4 is 4.74 Å². The molecule has 0 bridgehead atoms. The van der Waals surface area contributed by atoms with Gasteiger partial charge in [-0.2, -0.15) is 0 Å². The second-order valence-electron chi connectivity index (χ2n) is 4.89. The number of likely N-dealkylation sites (tertiary alicyclic amines) is 1. The minimum absolute atomic E-state index is 0.112. The number of carbonyl (C=O) groups is 2. The van der Waals surface area contributed by atoms with Gasteiger partial charge in [-0.1, -0.05) is 0 Å². The monoisotopic (exact) mass is 277 g/mol. The molecule has 1 unspecified atom stereocenters. The number of hydrogen-bond donors (Lipinski definition) is 1. The molecule has 1 amide bonds. The molecule has 1 aromatic carbocycles. The molecule has 1 saturated heterocycles. The Labute approximate surface area is 118 Å². The van der Waals surface area contributed by atoms with Crippen molar-refractivity contribution in [3.8, 4) is 5.75 Å². The average Bonchev–Trinajstić information content (AvgIpc) is 2.48. The maximum absolute atomic E-state index is 12.3. The lowest BCUT2D eigenvalue weighted by Gasteiger charge is -2.30. The quantitative estimate of drug-likeness (QED) is 0.914. The first-order valence-corrected chi connectivity index (χ1v) is 6.86. The van der Waals surface area contributed by atoms with Crippen LogP contribution in [0.3, 0.4) is 0 Å². The highest BCUT2D eigenvalue weighted by molar-refractivity contribution is 5.94. The first-order chi connectivity index (χ1) is 9.61. The zero-order valence-corrected chi connectivity index (χ0v) is 11.5. The summed E-state index contributed by atoms with van der Waals surface area (Å²) in [7, 11) is 0. The van der Waals surface area contributed by atoms with Crippen molar-refractivity contribution < 1.29 is 19.4 Å². The van der Waals surface area contributed by atoms with E-state index in [2.05, 4.69) is 0 Å². The van der Waals surface area contributed by atoms with Crippen LogP contribution in [-0.4, -0.2) is 41.6 Å². The van der Waals surface area contributed by atoms with E-state index in [1.54, 1.807) is 29.2 Å². The van der Waals surface area contributed by atoms with Crippen molar-refractivity contribution in [1.29, 1.82) is 0 Å². The summed E-state index contributed by atoms with van der Waals surface area (Å²) in [5.41, 5.74) is 0.569. The fourth-order valence-corrected chi connectivity index (χ4v) is 2.41. The highest BCUT2D eigenvalue weighted by Crippen LogP contribution is 2.20. The van der Waals surface area contributed by atoms with Crippen molar-refractivity contribution in [2.24, 2.45) is 5.92 Å². The molecule has 1 aliphatic heterocycles. The third kappa shape index (κ3) is 3.29. The van der Waals surface area contributed by atoms with Gasteiger partial charge in [0.05, 0.1) is 12.5 Å². The second kappa shape index (κ2) is 6.41. The lowest BCUT2D eigenvalue weighted by Crippen LogP contribution is -2.42. The van der Waals surface area contributed by atoms with E-state index >= 15 is 0 Å². The second-order valence-corrected chi connectivity index (χ2v) is 4.89. The first-order valence-electron chi connectivity index (χ1n) is 6.86. The summed E-state index contributed by atoms with van der Waals surface area (Å²) in [5.74, 6) is -0.658. The highest BCUT2D eigenvalue weighted by Gasteiger charge is 2.28. The summed E-state index contributed by atoms with van der Waals surface area (Å²) in [6.07, 6.45) is 1.38. The topological polar surface area (TPSA) is 66.8 Å². The number of hydrogen-bond acceptors (Lipinski definition) is 3. The van der Waals surface area contributed by atoms with Crippen molar-refractivity contribution in [2.45, 2.75) is 19.8 Å². The molecule has 5 heteroatoms. The van der Waals surface area contributed by atoms with Crippen molar-refractivity contribution in [3.05, 3.63) is 29.8 Å². The molecule has 0 aromatic heterocycles. The molecule has 1 atom stereocenters. The highest BCUT2D eigenvalue weighted by atomic mass is 16.5. The normalized spacial score (nSPS) is 18.6. The smallest absolute Gasteiger partial charge is 0.308 e. The van der Waals surface area contributed by atoms with Gasteiger partial charge >= 0.3 is 5.97 Å². The van der Waals surface area contributed by atoms with Gasteiger partial charge in [-0.05, 0) is 44.0 Å². The summed E-state index contributed by atoms with van der Waals surface area (Å²) in [6, 6.07) is 6.96. The van der Waals surface area contributed by atoms with Crippen LogP contribution in [0.15, 0.2) is 24.3 Å². The standard InChI is InChI=1S/C15H19NO4/c1-2-20-13-7-5-11(6-8-13)14(17)16-9-3-4-12(10-16)15(18)19/h5-8,12H,2-4,9-10H2,1H3,(H,18,19). The molecule has 1 heterocycles. The van der Waals surface area contributed by atoms with Crippen LogP contribution in [0.25, 0.3) is 0 Å². The minimum atomic E-state index is -0.825. The van der Waals surface area contributed by atoms with Crippen molar-refractivity contribution >= 4 is 11.9 Å². The van der Waals surface area contributed by atoms with Gasteiger partial charge in [0, 0.05) is 18.7 Å². The van der Waals surface area contributed by atoms with Gasteiger partial charge in [-0.25, -0.2) is 0 Å². The predicted molar refractivity (Wildman–Crippen MR) is 73.9 cm³/mol. The number of carboxylic acid groups (broad SMARTS) is 1. The first kappa shape index (κ1) is 14.4. The third-order valence-electron chi connectivity index (χ3n) is 3.47. The van der Waals surface area contributed by atoms with E-state index in [1.807, 2.05) is 6.92 Å². The number of piperidine rings is 1. The van der Waals surface area contributed by atoms with Crippen molar-refractivity contribution in [3.63, 3.8) is 0 Å². The van der Waals surface area contributed by atoms with Crippen LogP contribution in [0.5, 0.6) is 5.75 Å². The predicted octanol–water partition coefficient (Wildman–Crippen LogP) is 2.02. The third-order valence-corrected chi connectivity index (χ3v) is 3.47. The van der Waals surface area contributed by atoms with Crippen molar-refractivity contribution in [2.75, 3.05) is 19.7 Å². The molecule has 1 N–H and O–H groups in total. The molecular formula is C15H19NO4. The molecule has 108 valence electrons. The molecule has 20 heavy (non-hydrogen) atoms. The Bertz CT molecular complexity index is 483. The molecule has 1 fully saturated rings. The number of carboxylic acids is 1. The van der Waals surface area contributed by atoms with E-state index in [4.69, 9.17) is 9.84 Å². The average molecular weight is 277 g/mol. The van der Waals surface area contributed by atoms with E-state index in [1.165, 1.54) is 0 Å². The number of benzene rings is 1. The maximum atomic E-state index is 12.3. The Hall–Kier alpha value is -2.04. The van der Waals surface area contributed by atoms with Crippen LogP contribution >= 0.6 is 0 Å². The number of carbonyl (C=O) groups excluding carboxylic acids is 1. The fourth-order valence-electron chi connectivity index (χ4n) is 2.41.